The van der Waals surface area contributed by atoms with E-state index in [4.69, 9.17) is 4.74 Å². The molecule has 0 spiro atoms. The molecule has 2 aromatic heterocycles. The van der Waals surface area contributed by atoms with Crippen LogP contribution in [0.15, 0.2) is 40.8 Å². The zero-order valence-electron chi connectivity index (χ0n) is 16.5. The molecule has 0 bridgehead atoms. The Hall–Kier alpha value is -1.76. The number of aromatic nitrogens is 1. The van der Waals surface area contributed by atoms with Crippen LogP contribution in [0.2, 0.25) is 0 Å². The van der Waals surface area contributed by atoms with Crippen molar-refractivity contribution in [3.8, 4) is 5.88 Å². The van der Waals surface area contributed by atoms with E-state index in [0.29, 0.717) is 18.5 Å². The number of piperidine rings is 1. The molecule has 2 N–H and O–H groups in total. The zero-order valence-corrected chi connectivity index (χ0v) is 19.6. The maximum atomic E-state index is 13.0. The van der Waals surface area contributed by atoms with Gasteiger partial charge in [0.05, 0.1) is 11.5 Å². The first-order valence-electron chi connectivity index (χ1n) is 9.38. The van der Waals surface area contributed by atoms with Crippen molar-refractivity contribution >= 4 is 46.3 Å². The molecule has 30 heavy (non-hydrogen) atoms. The van der Waals surface area contributed by atoms with E-state index in [2.05, 4.69) is 43.0 Å². The van der Waals surface area contributed by atoms with Crippen LogP contribution in [0.5, 0.6) is 5.88 Å². The van der Waals surface area contributed by atoms with Crippen LogP contribution in [0.3, 0.4) is 0 Å². The summed E-state index contributed by atoms with van der Waals surface area (Å²) in [7, 11) is 1.66. The number of alkyl halides is 3. The Morgan fingerprint density at radius 1 is 1.30 bits per heavy atom. The second kappa shape index (κ2) is 11.6. The van der Waals surface area contributed by atoms with E-state index in [0.717, 1.165) is 32.0 Å². The third kappa shape index (κ3) is 6.89. The van der Waals surface area contributed by atoms with E-state index >= 15 is 0 Å². The third-order valence-corrected chi connectivity index (χ3v) is 5.52. The smallest absolute Gasteiger partial charge is 0.421 e. The Morgan fingerprint density at radius 2 is 2.07 bits per heavy atom. The first kappa shape index (κ1) is 24.5. The molecule has 2 aromatic rings. The molecule has 3 heterocycles. The molecule has 1 fully saturated rings. The topological polar surface area (TPSA) is 61.8 Å². The van der Waals surface area contributed by atoms with Gasteiger partial charge in [0.1, 0.15) is 12.2 Å². The number of guanidine groups is 1. The number of hydrogen-bond acceptors (Lipinski definition) is 5. The highest BCUT2D eigenvalue weighted by atomic mass is 127. The fourth-order valence-corrected chi connectivity index (χ4v) is 3.91. The van der Waals surface area contributed by atoms with Gasteiger partial charge in [-0.05, 0) is 42.5 Å². The molecule has 0 aliphatic carbocycles. The molecule has 0 radical (unpaired) electrons. The molecule has 1 aliphatic heterocycles. The van der Waals surface area contributed by atoms with Crippen LogP contribution in [0.4, 0.5) is 18.2 Å². The lowest BCUT2D eigenvalue weighted by Gasteiger charge is -2.33. The molecule has 0 amide bonds. The number of anilines is 1. The summed E-state index contributed by atoms with van der Waals surface area (Å²) in [5.41, 5.74) is -0.875. The van der Waals surface area contributed by atoms with Crippen molar-refractivity contribution in [2.24, 2.45) is 4.99 Å². The summed E-state index contributed by atoms with van der Waals surface area (Å²) in [6.45, 7) is 2.29. The van der Waals surface area contributed by atoms with Gasteiger partial charge in [0.25, 0.3) is 0 Å². The van der Waals surface area contributed by atoms with E-state index < -0.39 is 17.6 Å². The largest absolute Gasteiger partial charge is 0.475 e. The van der Waals surface area contributed by atoms with Crippen LogP contribution in [0.25, 0.3) is 0 Å². The SMILES string of the molecule is CN=C(NCCOc1ncccc1C(F)(F)F)NC1CCN(c2cccs2)CC1.I. The lowest BCUT2D eigenvalue weighted by atomic mass is 10.1. The van der Waals surface area contributed by atoms with Crippen LogP contribution < -0.4 is 20.3 Å². The molecule has 0 unspecified atom stereocenters. The van der Waals surface area contributed by atoms with Crippen molar-refractivity contribution in [3.63, 3.8) is 0 Å². The number of aliphatic imine (C=N–C) groups is 1. The molecular formula is C19H25F3IN5OS. The maximum absolute atomic E-state index is 13.0. The zero-order chi connectivity index (χ0) is 20.7. The summed E-state index contributed by atoms with van der Waals surface area (Å²) < 4.78 is 44.1. The minimum absolute atomic E-state index is 0. The fraction of sp³-hybridized carbons (Fsp3) is 0.474. The van der Waals surface area contributed by atoms with Gasteiger partial charge in [0.2, 0.25) is 5.88 Å². The number of halogens is 4. The van der Waals surface area contributed by atoms with E-state index in [9.17, 15) is 13.2 Å². The van der Waals surface area contributed by atoms with Crippen molar-refractivity contribution in [2.75, 3.05) is 38.2 Å². The normalized spacial score (nSPS) is 15.5. The third-order valence-electron chi connectivity index (χ3n) is 4.59. The highest BCUT2D eigenvalue weighted by Crippen LogP contribution is 2.34. The summed E-state index contributed by atoms with van der Waals surface area (Å²) in [6, 6.07) is 6.68. The average molecular weight is 555 g/mol. The summed E-state index contributed by atoms with van der Waals surface area (Å²) in [5, 5.41) is 9.81. The minimum atomic E-state index is -4.49. The first-order chi connectivity index (χ1) is 14.0. The number of hydrogen-bond donors (Lipinski definition) is 2. The lowest BCUT2D eigenvalue weighted by Crippen LogP contribution is -2.49. The number of ether oxygens (including phenoxy) is 1. The molecular weight excluding hydrogens is 530 g/mol. The average Bonchev–Trinajstić information content (AvgIpc) is 3.25. The van der Waals surface area contributed by atoms with Crippen LogP contribution >= 0.6 is 35.3 Å². The molecule has 166 valence electrons. The van der Waals surface area contributed by atoms with Crippen molar-refractivity contribution in [2.45, 2.75) is 25.1 Å². The van der Waals surface area contributed by atoms with Gasteiger partial charge in [0.15, 0.2) is 5.96 Å². The quantitative estimate of drug-likeness (QED) is 0.245. The van der Waals surface area contributed by atoms with Gasteiger partial charge in [0, 0.05) is 32.4 Å². The molecule has 0 atom stereocenters. The van der Waals surface area contributed by atoms with Gasteiger partial charge in [-0.15, -0.1) is 35.3 Å². The molecule has 3 rings (SSSR count). The Labute approximate surface area is 195 Å². The fourth-order valence-electron chi connectivity index (χ4n) is 3.12. The van der Waals surface area contributed by atoms with E-state index in [1.807, 2.05) is 0 Å². The van der Waals surface area contributed by atoms with Gasteiger partial charge in [-0.3, -0.25) is 4.99 Å². The summed E-state index contributed by atoms with van der Waals surface area (Å²) in [4.78, 5) is 10.2. The molecule has 11 heteroatoms. The molecule has 6 nitrogen and oxygen atoms in total. The Balaban J connectivity index is 0.00000320. The maximum Gasteiger partial charge on any atom is 0.421 e. The van der Waals surface area contributed by atoms with Crippen LogP contribution in [-0.4, -0.2) is 50.3 Å². The molecule has 1 saturated heterocycles. The van der Waals surface area contributed by atoms with Crippen LogP contribution in [-0.2, 0) is 6.18 Å². The second-order valence-corrected chi connectivity index (χ2v) is 7.48. The lowest BCUT2D eigenvalue weighted by molar-refractivity contribution is -0.139. The van der Waals surface area contributed by atoms with Crippen molar-refractivity contribution < 1.29 is 17.9 Å². The summed E-state index contributed by atoms with van der Waals surface area (Å²) in [5.74, 6) is 0.200. The number of thiophene rings is 1. The van der Waals surface area contributed by atoms with Crippen molar-refractivity contribution in [1.29, 1.82) is 0 Å². The predicted octanol–water partition coefficient (Wildman–Crippen LogP) is 3.99. The monoisotopic (exact) mass is 555 g/mol. The van der Waals surface area contributed by atoms with Gasteiger partial charge >= 0.3 is 6.18 Å². The molecule has 0 aromatic carbocycles. The number of rotatable bonds is 6. The van der Waals surface area contributed by atoms with E-state index in [1.54, 1.807) is 18.4 Å². The summed E-state index contributed by atoms with van der Waals surface area (Å²) in [6.07, 6.45) is -1.25. The Kier molecular flexibility index (Phi) is 9.46. The Bertz CT molecular complexity index is 796. The van der Waals surface area contributed by atoms with E-state index in [1.165, 1.54) is 17.3 Å². The molecule has 1 aliphatic rings. The highest BCUT2D eigenvalue weighted by molar-refractivity contribution is 14.0. The highest BCUT2D eigenvalue weighted by Gasteiger charge is 2.35. The Morgan fingerprint density at radius 3 is 2.70 bits per heavy atom. The van der Waals surface area contributed by atoms with Crippen LogP contribution in [0, 0.1) is 0 Å². The second-order valence-electron chi connectivity index (χ2n) is 6.56. The first-order valence-corrected chi connectivity index (χ1v) is 10.3. The van der Waals surface area contributed by atoms with Gasteiger partial charge < -0.3 is 20.3 Å². The van der Waals surface area contributed by atoms with Gasteiger partial charge in [-0.2, -0.15) is 13.2 Å². The van der Waals surface area contributed by atoms with Crippen molar-refractivity contribution in [3.05, 3.63) is 41.4 Å². The van der Waals surface area contributed by atoms with Crippen molar-refractivity contribution in [1.82, 2.24) is 15.6 Å². The van der Waals surface area contributed by atoms with Gasteiger partial charge in [-0.25, -0.2) is 4.98 Å². The standard InChI is InChI=1S/C19H24F3N5OS.HI/c1-23-18(26-14-6-10-27(11-7-14)16-5-3-13-29-16)25-9-12-28-17-15(19(20,21)22)4-2-8-24-17;/h2-5,8,13-14H,6-7,9-12H2,1H3,(H2,23,25,26);1H. The number of pyridine rings is 1. The van der Waals surface area contributed by atoms with E-state index in [-0.39, 0.29) is 30.6 Å². The van der Waals surface area contributed by atoms with Gasteiger partial charge in [-0.1, -0.05) is 0 Å². The van der Waals surface area contributed by atoms with Crippen LogP contribution in [0.1, 0.15) is 18.4 Å². The minimum Gasteiger partial charge on any atom is -0.475 e. The number of nitrogens with one attached hydrogen (secondary N) is 2. The molecule has 0 saturated carbocycles. The number of nitrogens with zero attached hydrogens (tertiary/aromatic N) is 3. The predicted molar refractivity (Wildman–Crippen MR) is 124 cm³/mol. The summed E-state index contributed by atoms with van der Waals surface area (Å²) >= 11 is 1.74.